The van der Waals surface area contributed by atoms with E-state index in [1.54, 1.807) is 6.08 Å². The van der Waals surface area contributed by atoms with E-state index in [9.17, 15) is 9.59 Å². The van der Waals surface area contributed by atoms with Crippen LogP contribution in [0.25, 0.3) is 6.08 Å². The molecule has 0 bridgehead atoms. The maximum atomic E-state index is 12.7. The van der Waals surface area contributed by atoms with E-state index in [0.29, 0.717) is 22.3 Å². The summed E-state index contributed by atoms with van der Waals surface area (Å²) >= 11 is 10.4. The van der Waals surface area contributed by atoms with Crippen LogP contribution in [0.5, 0.6) is 5.75 Å². The summed E-state index contributed by atoms with van der Waals surface area (Å²) < 4.78 is 6.63. The van der Waals surface area contributed by atoms with Crippen molar-refractivity contribution in [2.75, 3.05) is 0 Å². The Morgan fingerprint density at radius 1 is 0.968 bits per heavy atom. The van der Waals surface area contributed by atoms with Gasteiger partial charge in [-0.15, -0.1) is 0 Å². The molecule has 4 rings (SSSR count). The predicted octanol–water partition coefficient (Wildman–Crippen LogP) is 6.92. The van der Waals surface area contributed by atoms with Crippen LogP contribution in [0.4, 0.5) is 4.79 Å². The Morgan fingerprint density at radius 3 is 2.42 bits per heavy atom. The number of rotatable bonds is 6. The third-order valence-corrected chi connectivity index (χ3v) is 6.40. The van der Waals surface area contributed by atoms with Crippen molar-refractivity contribution in [2.45, 2.75) is 13.2 Å². The lowest BCUT2D eigenvalue weighted by atomic mass is 10.2. The lowest BCUT2D eigenvalue weighted by Gasteiger charge is -2.12. The number of ether oxygens (including phenoxy) is 1. The molecule has 1 fully saturated rings. The molecule has 3 aromatic rings. The number of nitrogens with zero attached hydrogens (tertiary/aromatic N) is 1. The number of hydrogen-bond acceptors (Lipinski definition) is 4. The number of amides is 2. The second-order valence-electron chi connectivity index (χ2n) is 6.86. The van der Waals surface area contributed by atoms with Crippen LogP contribution in [0.1, 0.15) is 16.7 Å². The highest BCUT2D eigenvalue weighted by Gasteiger charge is 2.34. The van der Waals surface area contributed by atoms with Crippen LogP contribution in [0.2, 0.25) is 5.02 Å². The molecular formula is C24H17BrClNO3S. The SMILES string of the molecule is O=C1S/C(=C\c2ccc(OCc3ccc(Cl)cc3)c(Br)c2)C(=O)N1Cc1ccccc1. The smallest absolute Gasteiger partial charge is 0.293 e. The van der Waals surface area contributed by atoms with Crippen LogP contribution in [-0.4, -0.2) is 16.0 Å². The number of halogens is 2. The fourth-order valence-electron chi connectivity index (χ4n) is 3.02. The van der Waals surface area contributed by atoms with Gasteiger partial charge in [-0.3, -0.25) is 14.5 Å². The molecule has 4 nitrogen and oxygen atoms in total. The number of carbonyl (C=O) groups excluding carboxylic acids is 2. The summed E-state index contributed by atoms with van der Waals surface area (Å²) in [6, 6.07) is 22.5. The summed E-state index contributed by atoms with van der Waals surface area (Å²) in [6.07, 6.45) is 1.73. The summed E-state index contributed by atoms with van der Waals surface area (Å²) in [5.41, 5.74) is 2.72. The molecule has 0 spiro atoms. The van der Waals surface area contributed by atoms with E-state index in [4.69, 9.17) is 16.3 Å². The zero-order valence-corrected chi connectivity index (χ0v) is 19.4. The quantitative estimate of drug-likeness (QED) is 0.335. The first-order valence-corrected chi connectivity index (χ1v) is 11.4. The van der Waals surface area contributed by atoms with Crippen molar-refractivity contribution in [3.63, 3.8) is 0 Å². The van der Waals surface area contributed by atoms with E-state index in [-0.39, 0.29) is 17.7 Å². The van der Waals surface area contributed by atoms with Crippen molar-refractivity contribution in [3.8, 4) is 5.75 Å². The van der Waals surface area contributed by atoms with Gasteiger partial charge in [0.1, 0.15) is 12.4 Å². The van der Waals surface area contributed by atoms with Crippen molar-refractivity contribution >= 4 is 56.5 Å². The highest BCUT2D eigenvalue weighted by atomic mass is 79.9. The second-order valence-corrected chi connectivity index (χ2v) is 9.14. The van der Waals surface area contributed by atoms with E-state index >= 15 is 0 Å². The lowest BCUT2D eigenvalue weighted by Crippen LogP contribution is -2.27. The van der Waals surface area contributed by atoms with E-state index in [1.165, 1.54) is 4.90 Å². The van der Waals surface area contributed by atoms with Gasteiger partial charge in [0.25, 0.3) is 11.1 Å². The van der Waals surface area contributed by atoms with Gasteiger partial charge in [0.05, 0.1) is 15.9 Å². The number of hydrogen-bond donors (Lipinski definition) is 0. The normalized spacial score (nSPS) is 15.0. The number of carbonyl (C=O) groups is 2. The third kappa shape index (κ3) is 5.39. The van der Waals surface area contributed by atoms with Gasteiger partial charge in [0.2, 0.25) is 0 Å². The predicted molar refractivity (Wildman–Crippen MR) is 128 cm³/mol. The molecule has 1 saturated heterocycles. The minimum atomic E-state index is -0.280. The molecule has 0 atom stereocenters. The van der Waals surface area contributed by atoms with E-state index in [0.717, 1.165) is 32.9 Å². The van der Waals surface area contributed by atoms with E-state index < -0.39 is 0 Å². The minimum Gasteiger partial charge on any atom is -0.488 e. The molecule has 3 aromatic carbocycles. The lowest BCUT2D eigenvalue weighted by molar-refractivity contribution is -0.123. The van der Waals surface area contributed by atoms with Gasteiger partial charge in [0.15, 0.2) is 0 Å². The maximum absolute atomic E-state index is 12.7. The first-order chi connectivity index (χ1) is 15.0. The summed E-state index contributed by atoms with van der Waals surface area (Å²) in [6.45, 7) is 0.678. The van der Waals surface area contributed by atoms with Gasteiger partial charge in [-0.25, -0.2) is 0 Å². The van der Waals surface area contributed by atoms with E-state index in [2.05, 4.69) is 15.9 Å². The summed E-state index contributed by atoms with van der Waals surface area (Å²) in [4.78, 5) is 26.7. The van der Waals surface area contributed by atoms with Gasteiger partial charge in [-0.05, 0) is 74.7 Å². The molecule has 0 N–H and O–H groups in total. The number of thioether (sulfide) groups is 1. The molecule has 0 radical (unpaired) electrons. The highest BCUT2D eigenvalue weighted by Crippen LogP contribution is 2.35. The van der Waals surface area contributed by atoms with Crippen LogP contribution < -0.4 is 4.74 Å². The van der Waals surface area contributed by atoms with Crippen LogP contribution >= 0.6 is 39.3 Å². The molecule has 0 saturated carbocycles. The Bertz CT molecular complexity index is 1150. The van der Waals surface area contributed by atoms with Gasteiger partial charge in [-0.1, -0.05) is 60.1 Å². The molecule has 1 aliphatic heterocycles. The summed E-state index contributed by atoms with van der Waals surface area (Å²) in [7, 11) is 0. The van der Waals surface area contributed by atoms with Gasteiger partial charge in [-0.2, -0.15) is 0 Å². The first-order valence-electron chi connectivity index (χ1n) is 9.46. The van der Waals surface area contributed by atoms with Crippen LogP contribution in [0.3, 0.4) is 0 Å². The van der Waals surface area contributed by atoms with Crippen LogP contribution in [-0.2, 0) is 17.9 Å². The molecule has 156 valence electrons. The molecule has 2 amide bonds. The standard InChI is InChI=1S/C24H17BrClNO3S/c25-20-12-18(8-11-21(20)30-15-17-6-9-19(26)10-7-17)13-22-23(28)27(24(29)31-22)14-16-4-2-1-3-5-16/h1-13H,14-15H2/b22-13-. The first kappa shape index (κ1) is 21.7. The van der Waals surface area contributed by atoms with Crippen molar-refractivity contribution in [1.82, 2.24) is 4.90 Å². The average molecular weight is 515 g/mol. The molecule has 0 aromatic heterocycles. The molecule has 0 aliphatic carbocycles. The largest absolute Gasteiger partial charge is 0.488 e. The Labute approximate surface area is 198 Å². The highest BCUT2D eigenvalue weighted by molar-refractivity contribution is 9.10. The summed E-state index contributed by atoms with van der Waals surface area (Å²) in [5, 5.41) is 0.421. The fourth-order valence-corrected chi connectivity index (χ4v) is 4.49. The Morgan fingerprint density at radius 2 is 1.71 bits per heavy atom. The molecule has 0 unspecified atom stereocenters. The minimum absolute atomic E-state index is 0.262. The Balaban J connectivity index is 1.44. The van der Waals surface area contributed by atoms with Crippen molar-refractivity contribution < 1.29 is 14.3 Å². The Kier molecular flexibility index (Phi) is 6.80. The molecule has 1 heterocycles. The molecule has 7 heteroatoms. The van der Waals surface area contributed by atoms with Crippen molar-refractivity contribution in [1.29, 1.82) is 0 Å². The Hall–Kier alpha value is -2.54. The monoisotopic (exact) mass is 513 g/mol. The summed E-state index contributed by atoms with van der Waals surface area (Å²) in [5.74, 6) is 0.405. The zero-order chi connectivity index (χ0) is 21.8. The van der Waals surface area contributed by atoms with Crippen LogP contribution in [0.15, 0.2) is 82.2 Å². The molecular weight excluding hydrogens is 498 g/mol. The third-order valence-electron chi connectivity index (χ3n) is 4.62. The van der Waals surface area contributed by atoms with Gasteiger partial charge < -0.3 is 4.74 Å². The number of imide groups is 1. The van der Waals surface area contributed by atoms with Crippen molar-refractivity contribution in [3.05, 3.63) is 104 Å². The number of benzene rings is 3. The maximum Gasteiger partial charge on any atom is 0.293 e. The molecule has 31 heavy (non-hydrogen) atoms. The fraction of sp³-hybridized carbons (Fsp3) is 0.0833. The van der Waals surface area contributed by atoms with Crippen LogP contribution in [0, 0.1) is 0 Å². The van der Waals surface area contributed by atoms with Gasteiger partial charge in [0, 0.05) is 5.02 Å². The topological polar surface area (TPSA) is 46.6 Å². The van der Waals surface area contributed by atoms with Crippen molar-refractivity contribution in [2.24, 2.45) is 0 Å². The zero-order valence-electron chi connectivity index (χ0n) is 16.3. The van der Waals surface area contributed by atoms with Gasteiger partial charge >= 0.3 is 0 Å². The molecule has 1 aliphatic rings. The average Bonchev–Trinajstić information content (AvgIpc) is 3.02. The second kappa shape index (κ2) is 9.73. The van der Waals surface area contributed by atoms with E-state index in [1.807, 2.05) is 72.8 Å².